The molecule has 0 unspecified atom stereocenters. The molecule has 6 rings (SSSR count). The SMILES string of the molecule is CNN(C)Cc1cc2ccccc2n1CCC(=O)N[C@@H](CCC(=O)O)C(=O)NCCOCCOCCS(=O)(=O)N(C)[C@@H](C)C(=O)O[C@H]1CC(=O)N(C)c2cc(cc(OC)c2Cl)C/C(C)=C/C=C/[C@@H](OC)[C@@]2(O)C[C@H](OC(=O)N2)[C@@H](C)[C@@H]2O[C@@]12C. The van der Waals surface area contributed by atoms with Gasteiger partial charge in [0, 0.05) is 77.7 Å². The molecule has 2 saturated heterocycles. The summed E-state index contributed by atoms with van der Waals surface area (Å²) in [6.45, 7) is 7.18. The number of para-hydroxylation sites is 1. The number of epoxide rings is 1. The summed E-state index contributed by atoms with van der Waals surface area (Å²) in [6, 6.07) is 10.8. The van der Waals surface area contributed by atoms with E-state index >= 15 is 0 Å². The van der Waals surface area contributed by atoms with Gasteiger partial charge in [-0.25, -0.2) is 18.2 Å². The number of alkyl carbamates (subject to hydrolysis) is 1. The van der Waals surface area contributed by atoms with Crippen molar-refractivity contribution in [1.82, 2.24) is 35.3 Å². The molecule has 1 aromatic heterocycles. The minimum absolute atomic E-state index is 0.0116. The van der Waals surface area contributed by atoms with E-state index in [0.717, 1.165) is 32.0 Å². The average Bonchev–Trinajstić information content (AvgIpc) is 1.69. The molecule has 3 aliphatic rings. The Balaban J connectivity index is 1.02. The monoisotopic (exact) mass is 1220 g/mol. The van der Waals surface area contributed by atoms with Crippen LogP contribution in [0.4, 0.5) is 10.5 Å². The molecular weight excluding hydrogens is 1140 g/mol. The molecule has 84 heavy (non-hydrogen) atoms. The Morgan fingerprint density at radius 2 is 1.75 bits per heavy atom. The van der Waals surface area contributed by atoms with Crippen molar-refractivity contribution < 1.29 is 80.6 Å². The number of esters is 1. The van der Waals surface area contributed by atoms with Gasteiger partial charge in [0.25, 0.3) is 0 Å². The molecule has 3 aromatic rings. The van der Waals surface area contributed by atoms with E-state index in [1.807, 2.05) is 60.9 Å². The zero-order valence-electron chi connectivity index (χ0n) is 49.3. The van der Waals surface area contributed by atoms with Crippen LogP contribution in [0.2, 0.25) is 5.02 Å². The van der Waals surface area contributed by atoms with Gasteiger partial charge in [-0.1, -0.05) is 60.5 Å². The largest absolute Gasteiger partial charge is 0.495 e. The smallest absolute Gasteiger partial charge is 0.409 e. The van der Waals surface area contributed by atoms with Crippen LogP contribution in [0.3, 0.4) is 0 Å². The van der Waals surface area contributed by atoms with Crippen molar-refractivity contribution in [3.63, 3.8) is 0 Å². The molecule has 4 bridgehead atoms. The van der Waals surface area contributed by atoms with Crippen molar-refractivity contribution in [2.75, 3.05) is 86.0 Å². The number of ether oxygens (including phenoxy) is 7. The number of amides is 4. The van der Waals surface area contributed by atoms with Crippen molar-refractivity contribution >= 4 is 74.0 Å². The Kier molecular flexibility index (Phi) is 23.7. The molecule has 0 saturated carbocycles. The first-order chi connectivity index (χ1) is 39.7. The maximum atomic E-state index is 14.4. The predicted octanol–water partition coefficient (Wildman–Crippen LogP) is 3.43. The number of hydrogen-bond donors (Lipinski definition) is 6. The highest BCUT2D eigenvalue weighted by Gasteiger charge is 2.64. The number of fused-ring (bicyclic) bond motifs is 6. The third-order valence-electron chi connectivity index (χ3n) is 15.5. The van der Waals surface area contributed by atoms with Gasteiger partial charge in [0.2, 0.25) is 27.7 Å². The second-order valence-corrected chi connectivity index (χ2v) is 24.0. The number of sulfonamides is 1. The van der Waals surface area contributed by atoms with E-state index in [1.54, 1.807) is 38.1 Å². The van der Waals surface area contributed by atoms with Crippen LogP contribution < -0.4 is 31.0 Å². The average molecular weight is 1220 g/mol. The number of likely N-dealkylation sites (N-methyl/N-ethyl adjacent to an activating group) is 1. The lowest BCUT2D eigenvalue weighted by atomic mass is 9.83. The molecule has 6 N–H and O–H groups in total. The molecule has 2 aromatic carbocycles. The number of aliphatic hydroxyl groups is 1. The van der Waals surface area contributed by atoms with Crippen molar-refractivity contribution in [3.8, 4) is 5.75 Å². The summed E-state index contributed by atoms with van der Waals surface area (Å²) in [4.78, 5) is 80.7. The molecule has 0 spiro atoms. The number of halogens is 1. The summed E-state index contributed by atoms with van der Waals surface area (Å²) >= 11 is 6.81. The zero-order valence-corrected chi connectivity index (χ0v) is 50.9. The molecule has 4 amide bonds. The number of carboxylic acid groups (broad SMARTS) is 1. The van der Waals surface area contributed by atoms with Gasteiger partial charge >= 0.3 is 18.0 Å². The number of aryl methyl sites for hydroxylation is 1. The lowest BCUT2D eigenvalue weighted by molar-refractivity contribution is -0.157. The maximum absolute atomic E-state index is 14.4. The number of aromatic nitrogens is 1. The third kappa shape index (κ3) is 17.2. The molecule has 9 atom stereocenters. The van der Waals surface area contributed by atoms with Gasteiger partial charge in [-0.3, -0.25) is 34.7 Å². The minimum atomic E-state index is -4.17. The quantitative estimate of drug-likeness (QED) is 0.0290. The van der Waals surface area contributed by atoms with E-state index in [1.165, 1.54) is 40.1 Å². The number of hydrazine groups is 1. The van der Waals surface area contributed by atoms with Crippen LogP contribution in [-0.4, -0.2) is 197 Å². The molecule has 0 aliphatic carbocycles. The van der Waals surface area contributed by atoms with Gasteiger partial charge in [0.1, 0.15) is 46.8 Å². The van der Waals surface area contributed by atoms with Crippen LogP contribution in [0.1, 0.15) is 71.1 Å². The standard InChI is InChI=1S/C57H81ClN8O17S/c1-35-14-13-17-46(78-10)57(74)33-45(81-55(73)62-57)36(2)52-56(4,83-52)47(32-49(68)64(7)43-29-38(28-35)30-44(77-9)51(43)58)82-54(72)37(3)65(8)84(75,76)27-26-80-25-24-79-23-21-60-53(71)41(18-19-50(69)70)61-48(67)20-22-66-40(34-63(6)59-5)31-39-15-11-12-16-42(39)66/h11-17,29-31,36-37,41,45-47,52,59,74H,18-28,32-34H2,1-10H3,(H,60,71)(H,61,67)(H,62,73)(H,69,70)/b17-13+,35-14+/t36-,37+,41+,45+,46-,47+,52+,56+,57+/m1/s1. The lowest BCUT2D eigenvalue weighted by Gasteiger charge is -2.42. The summed E-state index contributed by atoms with van der Waals surface area (Å²) in [5, 5.41) is 32.1. The number of hydrogen-bond acceptors (Lipinski definition) is 18. The van der Waals surface area contributed by atoms with Gasteiger partial charge in [-0.05, 0) is 75.9 Å². The molecule has 2 fully saturated rings. The molecule has 3 aliphatic heterocycles. The van der Waals surface area contributed by atoms with Gasteiger partial charge in [0.15, 0.2) is 5.72 Å². The van der Waals surface area contributed by atoms with Crippen molar-refractivity contribution in [3.05, 3.63) is 82.5 Å². The normalized spacial score (nSPS) is 24.7. The minimum Gasteiger partial charge on any atom is -0.495 e. The number of nitrogens with one attached hydrogen (secondary N) is 4. The second kappa shape index (κ2) is 29.7. The topological polar surface area (TPSA) is 308 Å². The van der Waals surface area contributed by atoms with Crippen LogP contribution in [0.25, 0.3) is 10.9 Å². The van der Waals surface area contributed by atoms with E-state index in [4.69, 9.17) is 44.8 Å². The van der Waals surface area contributed by atoms with Crippen LogP contribution >= 0.6 is 11.6 Å². The lowest BCUT2D eigenvalue weighted by Crippen LogP contribution is -2.63. The fourth-order valence-corrected chi connectivity index (χ4v) is 11.7. The first-order valence-electron chi connectivity index (χ1n) is 27.7. The van der Waals surface area contributed by atoms with Gasteiger partial charge in [-0.2, -0.15) is 4.31 Å². The van der Waals surface area contributed by atoms with Crippen LogP contribution in [-0.2, 0) is 81.9 Å². The molecular formula is C57H81ClN8O17S. The fraction of sp³-hybridized carbons (Fsp3) is 0.579. The highest BCUT2D eigenvalue weighted by Crippen LogP contribution is 2.49. The van der Waals surface area contributed by atoms with Crippen LogP contribution in [0, 0.1) is 5.92 Å². The van der Waals surface area contributed by atoms with Gasteiger partial charge in [0.05, 0.1) is 64.0 Å². The Hall–Kier alpha value is -6.20. The fourth-order valence-electron chi connectivity index (χ4n) is 10.2. The Morgan fingerprint density at radius 1 is 1.04 bits per heavy atom. The molecule has 464 valence electrons. The highest BCUT2D eigenvalue weighted by atomic mass is 35.5. The summed E-state index contributed by atoms with van der Waals surface area (Å²) in [5.41, 5.74) is 3.61. The number of anilines is 1. The second-order valence-electron chi connectivity index (χ2n) is 21.5. The van der Waals surface area contributed by atoms with Crippen molar-refractivity contribution in [1.29, 1.82) is 0 Å². The van der Waals surface area contributed by atoms with Crippen molar-refractivity contribution in [2.45, 2.75) is 127 Å². The molecule has 27 heteroatoms. The number of carbonyl (C=O) groups is 6. The third-order valence-corrected chi connectivity index (χ3v) is 17.7. The molecule has 25 nitrogen and oxygen atoms in total. The van der Waals surface area contributed by atoms with E-state index in [2.05, 4.69) is 27.4 Å². The highest BCUT2D eigenvalue weighted by molar-refractivity contribution is 7.89. The van der Waals surface area contributed by atoms with E-state index in [9.17, 15) is 47.4 Å². The Bertz CT molecular complexity index is 3020. The Morgan fingerprint density at radius 3 is 2.44 bits per heavy atom. The van der Waals surface area contributed by atoms with E-state index in [-0.39, 0.29) is 63.7 Å². The van der Waals surface area contributed by atoms with Crippen molar-refractivity contribution in [2.24, 2.45) is 5.92 Å². The first kappa shape index (κ1) is 66.9. The van der Waals surface area contributed by atoms with E-state index < -0.39 is 112 Å². The summed E-state index contributed by atoms with van der Waals surface area (Å²) < 4.78 is 70.5. The Labute approximate surface area is 495 Å². The summed E-state index contributed by atoms with van der Waals surface area (Å²) in [6.07, 6.45) is -0.531. The molecule has 0 radical (unpaired) electrons. The number of carbonyl (C=O) groups excluding carboxylic acids is 5. The number of allylic oxidation sites excluding steroid dienone is 3. The van der Waals surface area contributed by atoms with Crippen LogP contribution in [0.15, 0.2) is 66.3 Å². The van der Waals surface area contributed by atoms with Gasteiger partial charge < -0.3 is 63.5 Å². The first-order valence-corrected chi connectivity index (χ1v) is 29.7. The summed E-state index contributed by atoms with van der Waals surface area (Å²) in [7, 11) is 5.09. The number of nitrogens with zero attached hydrogens (tertiary/aromatic N) is 4. The number of methoxy groups -OCH3 is 2. The number of benzene rings is 2. The number of carboxylic acids is 1. The summed E-state index contributed by atoms with van der Waals surface area (Å²) in [5.74, 6) is -4.57. The zero-order chi connectivity index (χ0) is 61.7. The number of rotatable bonds is 26. The molecule has 4 heterocycles. The number of aliphatic carboxylic acids is 1. The van der Waals surface area contributed by atoms with Crippen LogP contribution in [0.5, 0.6) is 5.75 Å². The maximum Gasteiger partial charge on any atom is 0.409 e. The predicted molar refractivity (Wildman–Crippen MR) is 310 cm³/mol. The van der Waals surface area contributed by atoms with Gasteiger partial charge in [-0.15, -0.1) is 0 Å². The van der Waals surface area contributed by atoms with E-state index in [0.29, 0.717) is 30.9 Å².